The van der Waals surface area contributed by atoms with E-state index in [2.05, 4.69) is 30.9 Å². The van der Waals surface area contributed by atoms with Crippen LogP contribution in [0.3, 0.4) is 0 Å². The van der Waals surface area contributed by atoms with Crippen molar-refractivity contribution < 1.29 is 14.1 Å². The lowest BCUT2D eigenvalue weighted by atomic mass is 9.99. The van der Waals surface area contributed by atoms with Gasteiger partial charge in [-0.05, 0) is 43.9 Å². The van der Waals surface area contributed by atoms with Crippen molar-refractivity contribution in [3.63, 3.8) is 0 Å². The molecule has 1 atom stereocenters. The van der Waals surface area contributed by atoms with Crippen molar-refractivity contribution in [2.45, 2.75) is 32.2 Å². The van der Waals surface area contributed by atoms with Gasteiger partial charge in [0.2, 0.25) is 5.76 Å². The topological polar surface area (TPSA) is 133 Å². The standard InChI is InChI=1S/C27H25N7O3/c1-16-11-18(12-19-15-28-32-25(16)19)26(35)29-24-14-21(30-31-24)22-9-5-6-10-34(22)27(36)23-13-20(33-37-23)17-7-3-2-4-8-17/h2-4,7-8,11-15,22H,5-6,9-10H2,1H3,(H,28,32)(H2,29,30,31,35). The summed E-state index contributed by atoms with van der Waals surface area (Å²) in [5, 5.41) is 22.1. The lowest BCUT2D eigenvalue weighted by molar-refractivity contribution is 0.0563. The summed E-state index contributed by atoms with van der Waals surface area (Å²) in [5.74, 6) is 0.108. The second kappa shape index (κ2) is 9.38. The SMILES string of the molecule is Cc1cc(C(=O)Nc2cc(C3CCCCN3C(=O)c3cc(-c4ccccc4)no3)[nH]n2)cc2cn[nH]c12. The molecule has 10 heteroatoms. The summed E-state index contributed by atoms with van der Waals surface area (Å²) in [4.78, 5) is 28.1. The van der Waals surface area contributed by atoms with Crippen molar-refractivity contribution in [1.82, 2.24) is 30.5 Å². The Kier molecular flexibility index (Phi) is 5.76. The van der Waals surface area contributed by atoms with Crippen molar-refractivity contribution in [3.8, 4) is 11.3 Å². The van der Waals surface area contributed by atoms with E-state index in [9.17, 15) is 9.59 Å². The molecule has 1 unspecified atom stereocenters. The van der Waals surface area contributed by atoms with E-state index >= 15 is 0 Å². The molecule has 5 aromatic rings. The number of hydrogen-bond acceptors (Lipinski definition) is 6. The van der Waals surface area contributed by atoms with E-state index in [0.29, 0.717) is 23.6 Å². The van der Waals surface area contributed by atoms with E-state index in [4.69, 9.17) is 4.52 Å². The van der Waals surface area contributed by atoms with Gasteiger partial charge in [-0.25, -0.2) is 0 Å². The van der Waals surface area contributed by atoms with Gasteiger partial charge in [0.25, 0.3) is 11.8 Å². The fourth-order valence-corrected chi connectivity index (χ4v) is 4.89. The first-order chi connectivity index (χ1) is 18.1. The Hall–Kier alpha value is -4.73. The Morgan fingerprint density at radius 3 is 2.81 bits per heavy atom. The molecule has 6 rings (SSSR count). The molecule has 0 aliphatic carbocycles. The Balaban J connectivity index is 1.19. The van der Waals surface area contributed by atoms with Gasteiger partial charge in [-0.2, -0.15) is 10.2 Å². The number of rotatable bonds is 5. The number of nitrogens with one attached hydrogen (secondary N) is 3. The third-order valence-electron chi connectivity index (χ3n) is 6.76. The normalized spacial score (nSPS) is 15.7. The summed E-state index contributed by atoms with van der Waals surface area (Å²) in [6.07, 6.45) is 4.34. The summed E-state index contributed by atoms with van der Waals surface area (Å²) in [5.41, 5.74) is 4.62. The molecule has 1 aliphatic rings. The van der Waals surface area contributed by atoms with Crippen molar-refractivity contribution in [1.29, 1.82) is 0 Å². The van der Waals surface area contributed by atoms with Crippen LogP contribution in [0.15, 0.2) is 65.3 Å². The van der Waals surface area contributed by atoms with Gasteiger partial charge < -0.3 is 14.7 Å². The maximum absolute atomic E-state index is 13.4. The van der Waals surface area contributed by atoms with E-state index < -0.39 is 0 Å². The van der Waals surface area contributed by atoms with Crippen LogP contribution in [0, 0.1) is 6.92 Å². The average molecular weight is 496 g/mol. The smallest absolute Gasteiger partial charge is 0.293 e. The van der Waals surface area contributed by atoms with Crippen LogP contribution in [0.4, 0.5) is 5.82 Å². The Morgan fingerprint density at radius 1 is 1.08 bits per heavy atom. The van der Waals surface area contributed by atoms with Gasteiger partial charge in [-0.15, -0.1) is 0 Å². The fourth-order valence-electron chi connectivity index (χ4n) is 4.89. The lowest BCUT2D eigenvalue weighted by Crippen LogP contribution is -2.38. The van der Waals surface area contributed by atoms with Crippen molar-refractivity contribution in [2.24, 2.45) is 0 Å². The maximum atomic E-state index is 13.4. The van der Waals surface area contributed by atoms with Gasteiger partial charge in [0.1, 0.15) is 5.69 Å². The molecule has 0 saturated carbocycles. The molecular formula is C27H25N7O3. The number of aryl methyl sites for hydroxylation is 1. The molecule has 1 fully saturated rings. The summed E-state index contributed by atoms with van der Waals surface area (Å²) in [6.45, 7) is 2.52. The molecule has 1 aliphatic heterocycles. The van der Waals surface area contributed by atoms with Gasteiger partial charge in [-0.3, -0.25) is 19.8 Å². The minimum absolute atomic E-state index is 0.198. The monoisotopic (exact) mass is 495 g/mol. The number of piperidine rings is 1. The lowest BCUT2D eigenvalue weighted by Gasteiger charge is -2.34. The third-order valence-corrected chi connectivity index (χ3v) is 6.76. The predicted octanol–water partition coefficient (Wildman–Crippen LogP) is 4.87. The molecule has 0 spiro atoms. The number of carbonyl (C=O) groups is 2. The van der Waals surface area contributed by atoms with Crippen LogP contribution >= 0.6 is 0 Å². The predicted molar refractivity (Wildman–Crippen MR) is 137 cm³/mol. The summed E-state index contributed by atoms with van der Waals surface area (Å²) in [6, 6.07) is 16.4. The Labute approximate surface area is 212 Å². The van der Waals surface area contributed by atoms with E-state index in [-0.39, 0.29) is 23.6 Å². The molecular weight excluding hydrogens is 470 g/mol. The van der Waals surface area contributed by atoms with Crippen LogP contribution in [0.25, 0.3) is 22.2 Å². The first-order valence-corrected chi connectivity index (χ1v) is 12.2. The Morgan fingerprint density at radius 2 is 1.95 bits per heavy atom. The van der Waals surface area contributed by atoms with E-state index in [1.54, 1.807) is 29.3 Å². The zero-order valence-corrected chi connectivity index (χ0v) is 20.2. The fraction of sp³-hybridized carbons (Fsp3) is 0.222. The van der Waals surface area contributed by atoms with Crippen LogP contribution in [-0.2, 0) is 0 Å². The number of benzene rings is 2. The van der Waals surface area contributed by atoms with E-state index in [1.807, 2.05) is 43.3 Å². The maximum Gasteiger partial charge on any atom is 0.293 e. The average Bonchev–Trinajstić information content (AvgIpc) is 3.70. The van der Waals surface area contributed by atoms with Crippen LogP contribution < -0.4 is 5.32 Å². The van der Waals surface area contributed by atoms with Gasteiger partial charge in [-0.1, -0.05) is 35.5 Å². The number of anilines is 1. The van der Waals surface area contributed by atoms with Crippen molar-refractivity contribution in [3.05, 3.63) is 83.4 Å². The Bertz CT molecular complexity index is 1580. The van der Waals surface area contributed by atoms with Gasteiger partial charge in [0, 0.05) is 35.2 Å². The number of carbonyl (C=O) groups excluding carboxylic acids is 2. The van der Waals surface area contributed by atoms with Gasteiger partial charge in [0.15, 0.2) is 5.82 Å². The van der Waals surface area contributed by atoms with Gasteiger partial charge >= 0.3 is 0 Å². The van der Waals surface area contributed by atoms with Crippen LogP contribution in [0.5, 0.6) is 0 Å². The second-order valence-electron chi connectivity index (χ2n) is 9.24. The summed E-state index contributed by atoms with van der Waals surface area (Å²) < 4.78 is 5.43. The number of amides is 2. The minimum Gasteiger partial charge on any atom is -0.350 e. The molecule has 0 radical (unpaired) electrons. The highest BCUT2D eigenvalue weighted by Crippen LogP contribution is 2.33. The highest BCUT2D eigenvalue weighted by molar-refractivity contribution is 6.06. The molecule has 186 valence electrons. The van der Waals surface area contributed by atoms with E-state index in [1.165, 1.54) is 0 Å². The minimum atomic E-state index is -0.268. The van der Waals surface area contributed by atoms with Gasteiger partial charge in [0.05, 0.1) is 23.4 Å². The van der Waals surface area contributed by atoms with Crippen molar-refractivity contribution in [2.75, 3.05) is 11.9 Å². The quantitative estimate of drug-likeness (QED) is 0.319. The highest BCUT2D eigenvalue weighted by atomic mass is 16.5. The molecule has 3 aromatic heterocycles. The number of aromatic amines is 2. The summed E-state index contributed by atoms with van der Waals surface area (Å²) in [7, 11) is 0. The highest BCUT2D eigenvalue weighted by Gasteiger charge is 2.32. The molecule has 4 heterocycles. The summed E-state index contributed by atoms with van der Waals surface area (Å²) >= 11 is 0. The zero-order valence-electron chi connectivity index (χ0n) is 20.2. The molecule has 37 heavy (non-hydrogen) atoms. The van der Waals surface area contributed by atoms with Crippen LogP contribution in [0.2, 0.25) is 0 Å². The molecule has 10 nitrogen and oxygen atoms in total. The van der Waals surface area contributed by atoms with Crippen LogP contribution in [-0.4, -0.2) is 48.8 Å². The number of likely N-dealkylation sites (tertiary alicyclic amines) is 1. The molecule has 2 amide bonds. The number of hydrogen-bond donors (Lipinski definition) is 3. The molecule has 0 bridgehead atoms. The first kappa shape index (κ1) is 22.7. The van der Waals surface area contributed by atoms with Crippen molar-refractivity contribution >= 4 is 28.5 Å². The molecule has 3 N–H and O–H groups in total. The molecule has 1 saturated heterocycles. The second-order valence-corrected chi connectivity index (χ2v) is 9.24. The number of nitrogens with zero attached hydrogens (tertiary/aromatic N) is 4. The number of fused-ring (bicyclic) bond motifs is 1. The zero-order chi connectivity index (χ0) is 25.4. The number of aromatic nitrogens is 5. The van der Waals surface area contributed by atoms with E-state index in [0.717, 1.165) is 47.0 Å². The largest absolute Gasteiger partial charge is 0.350 e. The van der Waals surface area contributed by atoms with Crippen LogP contribution in [0.1, 0.15) is 57.5 Å². The first-order valence-electron chi connectivity index (χ1n) is 12.2. The third kappa shape index (κ3) is 4.37. The molecule has 2 aromatic carbocycles. The number of H-pyrrole nitrogens is 2.